The molecule has 1 aliphatic heterocycles. The van der Waals surface area contributed by atoms with Crippen LogP contribution in [-0.4, -0.2) is 30.9 Å². The molecule has 1 heterocycles. The molecule has 0 spiro atoms. The van der Waals surface area contributed by atoms with Gasteiger partial charge in [-0.1, -0.05) is 18.2 Å². The van der Waals surface area contributed by atoms with Crippen molar-refractivity contribution in [3.8, 4) is 0 Å². The van der Waals surface area contributed by atoms with Crippen LogP contribution in [-0.2, 0) is 14.8 Å². The van der Waals surface area contributed by atoms with Crippen molar-refractivity contribution in [3.63, 3.8) is 0 Å². The average molecular weight is 210 g/mol. The van der Waals surface area contributed by atoms with Crippen molar-refractivity contribution in [1.82, 2.24) is 4.31 Å². The molecule has 0 bridgehead atoms. The zero-order valence-electron chi connectivity index (χ0n) is 6.29. The van der Waals surface area contributed by atoms with Crippen LogP contribution in [0.25, 0.3) is 0 Å². The van der Waals surface area contributed by atoms with E-state index in [2.05, 4.69) is 6.58 Å². The van der Waals surface area contributed by atoms with Gasteiger partial charge < -0.3 is 0 Å². The molecule has 1 fully saturated rings. The Morgan fingerprint density at radius 3 is 2.58 bits per heavy atom. The van der Waals surface area contributed by atoms with Crippen LogP contribution in [0.2, 0.25) is 0 Å². The predicted molar refractivity (Wildman–Crippen MR) is 45.1 cm³/mol. The van der Waals surface area contributed by atoms with Crippen LogP contribution in [0.4, 0.5) is 0 Å². The minimum absolute atomic E-state index is 0.0481. The molecule has 0 unspecified atom stereocenters. The summed E-state index contributed by atoms with van der Waals surface area (Å²) in [6.45, 7) is 3.22. The minimum Gasteiger partial charge on any atom is -0.274 e. The Kier molecular flexibility index (Phi) is 2.44. The molecule has 4 nitrogen and oxygen atoms in total. The van der Waals surface area contributed by atoms with Gasteiger partial charge in [-0.05, 0) is 0 Å². The van der Waals surface area contributed by atoms with E-state index in [9.17, 15) is 13.2 Å². The van der Waals surface area contributed by atoms with Crippen LogP contribution >= 0.6 is 11.6 Å². The summed E-state index contributed by atoms with van der Waals surface area (Å²) in [6, 6.07) is 0. The number of hydrogen-bond acceptors (Lipinski definition) is 3. The highest BCUT2D eigenvalue weighted by Gasteiger charge is 2.34. The molecule has 0 N–H and O–H groups in total. The summed E-state index contributed by atoms with van der Waals surface area (Å²) >= 11 is 5.40. The molecule has 1 rings (SSSR count). The Morgan fingerprint density at radius 2 is 2.25 bits per heavy atom. The van der Waals surface area contributed by atoms with Crippen LogP contribution < -0.4 is 0 Å². The number of rotatable bonds is 2. The molecule has 0 radical (unpaired) electrons. The number of carbonyl (C=O) groups excluding carboxylic acids is 1. The Balaban J connectivity index is 2.86. The Labute approximate surface area is 75.9 Å². The third-order valence-electron chi connectivity index (χ3n) is 1.50. The molecule has 0 aromatic heterocycles. The van der Waals surface area contributed by atoms with Crippen molar-refractivity contribution in [2.45, 2.75) is 6.42 Å². The van der Waals surface area contributed by atoms with Crippen molar-refractivity contribution >= 4 is 27.5 Å². The number of nitrogens with zero attached hydrogens (tertiary/aromatic N) is 1. The standard InChI is InChI=1S/C6H8ClNO3S/c1-5(7)4-8-6(9)2-3-12(8,10)11/h1-4H2. The number of halogens is 1. The van der Waals surface area contributed by atoms with E-state index in [0.717, 1.165) is 4.31 Å². The average Bonchev–Trinajstić information content (AvgIpc) is 2.15. The van der Waals surface area contributed by atoms with E-state index < -0.39 is 15.9 Å². The predicted octanol–water partition coefficient (Wildman–Crippen LogP) is 0.301. The summed E-state index contributed by atoms with van der Waals surface area (Å²) in [6.07, 6.45) is 0.0481. The molecular weight excluding hydrogens is 202 g/mol. The van der Waals surface area contributed by atoms with E-state index in [1.807, 2.05) is 0 Å². The lowest BCUT2D eigenvalue weighted by Gasteiger charge is -2.12. The van der Waals surface area contributed by atoms with E-state index in [4.69, 9.17) is 11.6 Å². The summed E-state index contributed by atoms with van der Waals surface area (Å²) in [5.41, 5.74) is 0. The van der Waals surface area contributed by atoms with Crippen LogP contribution in [0.5, 0.6) is 0 Å². The fourth-order valence-corrected chi connectivity index (χ4v) is 2.55. The maximum absolute atomic E-state index is 11.1. The first-order valence-corrected chi connectivity index (χ1v) is 5.29. The van der Waals surface area contributed by atoms with Gasteiger partial charge in [0.15, 0.2) is 0 Å². The van der Waals surface area contributed by atoms with Crippen molar-refractivity contribution in [1.29, 1.82) is 0 Å². The molecule has 12 heavy (non-hydrogen) atoms. The first kappa shape index (κ1) is 9.54. The number of sulfonamides is 1. The van der Waals surface area contributed by atoms with Crippen molar-refractivity contribution in [3.05, 3.63) is 11.6 Å². The molecule has 6 heteroatoms. The number of amides is 1. The molecule has 0 aliphatic carbocycles. The lowest BCUT2D eigenvalue weighted by atomic mass is 10.4. The molecule has 0 saturated carbocycles. The zero-order valence-corrected chi connectivity index (χ0v) is 7.86. The summed E-state index contributed by atoms with van der Waals surface area (Å²) < 4.78 is 23.0. The molecule has 1 amide bonds. The van der Waals surface area contributed by atoms with E-state index in [0.29, 0.717) is 0 Å². The number of hydrogen-bond donors (Lipinski definition) is 0. The lowest BCUT2D eigenvalue weighted by Crippen LogP contribution is -2.30. The first-order chi connectivity index (χ1) is 5.43. The Morgan fingerprint density at radius 1 is 1.67 bits per heavy atom. The van der Waals surface area contributed by atoms with Gasteiger partial charge in [0.1, 0.15) is 0 Å². The fraction of sp³-hybridized carbons (Fsp3) is 0.500. The van der Waals surface area contributed by atoms with E-state index in [1.165, 1.54) is 0 Å². The lowest BCUT2D eigenvalue weighted by molar-refractivity contribution is -0.124. The van der Waals surface area contributed by atoms with Gasteiger partial charge in [-0.25, -0.2) is 12.7 Å². The number of carbonyl (C=O) groups is 1. The smallest absolute Gasteiger partial charge is 0.238 e. The second-order valence-corrected chi connectivity index (χ2v) is 5.03. The monoisotopic (exact) mass is 209 g/mol. The third kappa shape index (κ3) is 1.78. The van der Waals surface area contributed by atoms with Crippen molar-refractivity contribution in [2.24, 2.45) is 0 Å². The second-order valence-electron chi connectivity index (χ2n) is 2.48. The van der Waals surface area contributed by atoms with Gasteiger partial charge >= 0.3 is 0 Å². The van der Waals surface area contributed by atoms with Gasteiger partial charge in [0, 0.05) is 11.5 Å². The highest BCUT2D eigenvalue weighted by Crippen LogP contribution is 2.17. The van der Waals surface area contributed by atoms with E-state index in [1.54, 1.807) is 0 Å². The van der Waals surface area contributed by atoms with Gasteiger partial charge in [0.2, 0.25) is 15.9 Å². The Hall–Kier alpha value is -0.550. The second kappa shape index (κ2) is 3.06. The molecule has 0 atom stereocenters. The SMILES string of the molecule is C=C(Cl)CN1C(=O)CCS1(=O)=O. The zero-order chi connectivity index (χ0) is 9.35. The summed E-state index contributed by atoms with van der Waals surface area (Å²) in [5, 5.41) is 0.147. The van der Waals surface area contributed by atoms with Crippen LogP contribution in [0.15, 0.2) is 11.6 Å². The van der Waals surface area contributed by atoms with Gasteiger partial charge in [0.05, 0.1) is 12.3 Å². The largest absolute Gasteiger partial charge is 0.274 e. The van der Waals surface area contributed by atoms with Gasteiger partial charge in [-0.2, -0.15) is 0 Å². The molecule has 0 aromatic rings. The van der Waals surface area contributed by atoms with Gasteiger partial charge in [-0.15, -0.1) is 0 Å². The topological polar surface area (TPSA) is 54.5 Å². The summed E-state index contributed by atoms with van der Waals surface area (Å²) in [7, 11) is -3.39. The quantitative estimate of drug-likeness (QED) is 0.658. The van der Waals surface area contributed by atoms with E-state index in [-0.39, 0.29) is 23.8 Å². The van der Waals surface area contributed by atoms with Gasteiger partial charge in [0.25, 0.3) is 0 Å². The summed E-state index contributed by atoms with van der Waals surface area (Å²) in [4.78, 5) is 11.0. The molecule has 68 valence electrons. The molecule has 0 aromatic carbocycles. The van der Waals surface area contributed by atoms with Gasteiger partial charge in [-0.3, -0.25) is 4.79 Å². The van der Waals surface area contributed by atoms with Crippen molar-refractivity contribution < 1.29 is 13.2 Å². The first-order valence-electron chi connectivity index (χ1n) is 3.30. The maximum Gasteiger partial charge on any atom is 0.238 e. The fourth-order valence-electron chi connectivity index (χ4n) is 0.949. The van der Waals surface area contributed by atoms with Crippen LogP contribution in [0, 0.1) is 0 Å². The summed E-state index contributed by atoms with van der Waals surface area (Å²) in [5.74, 6) is -0.521. The highest BCUT2D eigenvalue weighted by molar-refractivity contribution is 7.90. The van der Waals surface area contributed by atoms with Crippen molar-refractivity contribution in [2.75, 3.05) is 12.3 Å². The maximum atomic E-state index is 11.1. The molecular formula is C6H8ClNO3S. The van der Waals surface area contributed by atoms with E-state index >= 15 is 0 Å². The minimum atomic E-state index is -3.39. The normalized spacial score (nSPS) is 21.4. The van der Waals surface area contributed by atoms with Crippen LogP contribution in [0.1, 0.15) is 6.42 Å². The molecule has 1 aliphatic rings. The van der Waals surface area contributed by atoms with Crippen LogP contribution in [0.3, 0.4) is 0 Å². The molecule has 1 saturated heterocycles. The highest BCUT2D eigenvalue weighted by atomic mass is 35.5. The Bertz CT molecular complexity index is 322. The third-order valence-corrected chi connectivity index (χ3v) is 3.35.